The van der Waals surface area contributed by atoms with Gasteiger partial charge in [0.2, 0.25) is 5.91 Å². The summed E-state index contributed by atoms with van der Waals surface area (Å²) in [6.45, 7) is 10.1. The Labute approximate surface area is 170 Å². The molecule has 1 aromatic rings. The third kappa shape index (κ3) is 7.92. The summed E-state index contributed by atoms with van der Waals surface area (Å²) in [5.41, 5.74) is 2.26. The van der Waals surface area contributed by atoms with Crippen LogP contribution in [0, 0.1) is 11.8 Å². The van der Waals surface area contributed by atoms with Gasteiger partial charge in [0.25, 0.3) is 0 Å². The minimum absolute atomic E-state index is 0.0934. The number of carbonyl (C=O) groups excluding carboxylic acids is 1. The van der Waals surface area contributed by atoms with Crippen LogP contribution in [-0.4, -0.2) is 43.8 Å². The fraction of sp³-hybridized carbons (Fsp3) is 0.682. The van der Waals surface area contributed by atoms with E-state index in [2.05, 4.69) is 30.1 Å². The topological polar surface area (TPSA) is 66.5 Å². The number of piperidine rings is 1. The maximum absolute atomic E-state index is 12.2. The highest BCUT2D eigenvalue weighted by Crippen LogP contribution is 2.23. The zero-order valence-electron chi connectivity index (χ0n) is 17.6. The Kier molecular flexibility index (Phi) is 8.96. The summed E-state index contributed by atoms with van der Waals surface area (Å²) >= 11 is 0. The SMILES string of the molecule is CCCCCS(=O)(=O)CC(=O)NCc1ccccc1CN1CC(C)CC(C)C1. The molecule has 1 heterocycles. The van der Waals surface area contributed by atoms with Gasteiger partial charge < -0.3 is 5.32 Å². The Balaban J connectivity index is 1.89. The van der Waals surface area contributed by atoms with Crippen LogP contribution in [0.3, 0.4) is 0 Å². The molecule has 0 radical (unpaired) electrons. The molecule has 158 valence electrons. The fourth-order valence-electron chi connectivity index (χ4n) is 4.13. The molecule has 0 saturated carbocycles. The van der Waals surface area contributed by atoms with Gasteiger partial charge in [-0.1, -0.05) is 57.9 Å². The van der Waals surface area contributed by atoms with Gasteiger partial charge in [0.15, 0.2) is 9.84 Å². The highest BCUT2D eigenvalue weighted by Gasteiger charge is 2.22. The Morgan fingerprint density at radius 2 is 1.75 bits per heavy atom. The third-order valence-electron chi connectivity index (χ3n) is 5.34. The number of nitrogens with one attached hydrogen (secondary N) is 1. The summed E-state index contributed by atoms with van der Waals surface area (Å²) in [6, 6.07) is 8.11. The smallest absolute Gasteiger partial charge is 0.235 e. The molecule has 2 rings (SSSR count). The molecule has 5 nitrogen and oxygen atoms in total. The van der Waals surface area contributed by atoms with Crippen LogP contribution in [0.1, 0.15) is 57.6 Å². The Morgan fingerprint density at radius 1 is 1.11 bits per heavy atom. The lowest BCUT2D eigenvalue weighted by molar-refractivity contribution is -0.118. The lowest BCUT2D eigenvalue weighted by atomic mass is 9.91. The van der Waals surface area contributed by atoms with Gasteiger partial charge in [0.1, 0.15) is 5.75 Å². The molecule has 1 saturated heterocycles. The normalized spacial score (nSPS) is 20.8. The van der Waals surface area contributed by atoms with Crippen molar-refractivity contribution in [1.29, 1.82) is 0 Å². The number of carbonyl (C=O) groups is 1. The van der Waals surface area contributed by atoms with Crippen molar-refractivity contribution in [1.82, 2.24) is 10.2 Å². The molecule has 1 aromatic carbocycles. The largest absolute Gasteiger partial charge is 0.351 e. The van der Waals surface area contributed by atoms with Crippen molar-refractivity contribution in [3.8, 4) is 0 Å². The monoisotopic (exact) mass is 408 g/mol. The van der Waals surface area contributed by atoms with E-state index in [1.165, 1.54) is 12.0 Å². The first-order valence-corrected chi connectivity index (χ1v) is 12.4. The maximum atomic E-state index is 12.2. The van der Waals surface area contributed by atoms with Crippen LogP contribution in [0.4, 0.5) is 0 Å². The van der Waals surface area contributed by atoms with Gasteiger partial charge in [-0.25, -0.2) is 8.42 Å². The first kappa shape index (κ1) is 22.9. The first-order chi connectivity index (χ1) is 13.3. The zero-order chi connectivity index (χ0) is 20.6. The van der Waals surface area contributed by atoms with Gasteiger partial charge in [-0.2, -0.15) is 0 Å². The predicted octanol–water partition coefficient (Wildman–Crippen LogP) is 3.39. The standard InChI is InChI=1S/C22H36N2O3S/c1-4-5-8-11-28(26,27)17-22(25)23-13-20-9-6-7-10-21(20)16-24-14-18(2)12-19(3)15-24/h6-7,9-10,18-19H,4-5,8,11-17H2,1-3H3,(H,23,25). The molecule has 0 bridgehead atoms. The lowest BCUT2D eigenvalue weighted by Gasteiger charge is -2.35. The van der Waals surface area contributed by atoms with E-state index in [-0.39, 0.29) is 5.75 Å². The molecule has 0 spiro atoms. The first-order valence-electron chi connectivity index (χ1n) is 10.5. The number of benzene rings is 1. The predicted molar refractivity (Wildman–Crippen MR) is 115 cm³/mol. The lowest BCUT2D eigenvalue weighted by Crippen LogP contribution is -2.38. The highest BCUT2D eigenvalue weighted by molar-refractivity contribution is 7.92. The van der Waals surface area contributed by atoms with Crippen LogP contribution in [-0.2, 0) is 27.7 Å². The van der Waals surface area contributed by atoms with E-state index in [9.17, 15) is 13.2 Å². The average molecular weight is 409 g/mol. The number of rotatable bonds is 10. The number of likely N-dealkylation sites (tertiary alicyclic amines) is 1. The van der Waals surface area contributed by atoms with Gasteiger partial charge >= 0.3 is 0 Å². The maximum Gasteiger partial charge on any atom is 0.235 e. The van der Waals surface area contributed by atoms with Crippen molar-refractivity contribution in [2.45, 2.75) is 59.5 Å². The third-order valence-corrected chi connectivity index (χ3v) is 6.96. The zero-order valence-corrected chi connectivity index (χ0v) is 18.4. The molecule has 0 aromatic heterocycles. The number of hydrogen-bond donors (Lipinski definition) is 1. The molecule has 1 amide bonds. The van der Waals surface area contributed by atoms with Crippen molar-refractivity contribution in [3.63, 3.8) is 0 Å². The van der Waals surface area contributed by atoms with Crippen molar-refractivity contribution in [3.05, 3.63) is 35.4 Å². The molecule has 6 heteroatoms. The van der Waals surface area contributed by atoms with E-state index in [1.54, 1.807) is 0 Å². The van der Waals surface area contributed by atoms with Crippen LogP contribution in [0.25, 0.3) is 0 Å². The van der Waals surface area contributed by atoms with Gasteiger partial charge in [0.05, 0.1) is 5.75 Å². The van der Waals surface area contributed by atoms with Gasteiger partial charge in [-0.05, 0) is 35.8 Å². The quantitative estimate of drug-likeness (QED) is 0.603. The average Bonchev–Trinajstić information content (AvgIpc) is 2.60. The second-order valence-electron chi connectivity index (χ2n) is 8.48. The number of unbranched alkanes of at least 4 members (excludes halogenated alkanes) is 2. The van der Waals surface area contributed by atoms with Gasteiger partial charge in [0, 0.05) is 26.2 Å². The van der Waals surface area contributed by atoms with Crippen molar-refractivity contribution in [2.75, 3.05) is 24.6 Å². The Bertz CT molecular complexity index is 723. The minimum Gasteiger partial charge on any atom is -0.351 e. The van der Waals surface area contributed by atoms with E-state index in [4.69, 9.17) is 0 Å². The van der Waals surface area contributed by atoms with Crippen LogP contribution < -0.4 is 5.32 Å². The Morgan fingerprint density at radius 3 is 2.39 bits per heavy atom. The minimum atomic E-state index is -3.32. The molecular weight excluding hydrogens is 372 g/mol. The summed E-state index contributed by atoms with van der Waals surface area (Å²) in [5.74, 6) is 0.671. The van der Waals surface area contributed by atoms with Crippen molar-refractivity contribution >= 4 is 15.7 Å². The van der Waals surface area contributed by atoms with E-state index in [0.717, 1.165) is 38.0 Å². The number of nitrogens with zero attached hydrogens (tertiary/aromatic N) is 1. The van der Waals surface area contributed by atoms with Gasteiger partial charge in [-0.15, -0.1) is 0 Å². The highest BCUT2D eigenvalue weighted by atomic mass is 32.2. The van der Waals surface area contributed by atoms with E-state index in [1.807, 2.05) is 25.1 Å². The second kappa shape index (κ2) is 11.0. The molecule has 1 fully saturated rings. The van der Waals surface area contributed by atoms with Gasteiger partial charge in [-0.3, -0.25) is 9.69 Å². The number of amides is 1. The molecular formula is C22H36N2O3S. The van der Waals surface area contributed by atoms with Crippen LogP contribution in [0.5, 0.6) is 0 Å². The second-order valence-corrected chi connectivity index (χ2v) is 10.7. The van der Waals surface area contributed by atoms with E-state index < -0.39 is 21.5 Å². The molecule has 0 aliphatic carbocycles. The molecule has 1 aliphatic rings. The van der Waals surface area contributed by atoms with Crippen molar-refractivity contribution < 1.29 is 13.2 Å². The molecule has 1 aliphatic heterocycles. The number of sulfone groups is 1. The fourth-order valence-corrected chi connectivity index (χ4v) is 5.42. The van der Waals surface area contributed by atoms with Crippen LogP contribution in [0.15, 0.2) is 24.3 Å². The van der Waals surface area contributed by atoms with Crippen LogP contribution in [0.2, 0.25) is 0 Å². The van der Waals surface area contributed by atoms with E-state index >= 15 is 0 Å². The molecule has 2 unspecified atom stereocenters. The molecule has 28 heavy (non-hydrogen) atoms. The summed E-state index contributed by atoms with van der Waals surface area (Å²) in [5, 5.41) is 2.80. The van der Waals surface area contributed by atoms with Crippen LogP contribution >= 0.6 is 0 Å². The Hall–Kier alpha value is -1.40. The summed E-state index contributed by atoms with van der Waals surface area (Å²) in [6.07, 6.45) is 3.75. The summed E-state index contributed by atoms with van der Waals surface area (Å²) in [7, 11) is -3.32. The summed E-state index contributed by atoms with van der Waals surface area (Å²) in [4.78, 5) is 14.6. The molecule has 1 N–H and O–H groups in total. The van der Waals surface area contributed by atoms with Crippen molar-refractivity contribution in [2.24, 2.45) is 11.8 Å². The molecule has 2 atom stereocenters. The summed E-state index contributed by atoms with van der Waals surface area (Å²) < 4.78 is 24.1. The van der Waals surface area contributed by atoms with E-state index in [0.29, 0.717) is 24.8 Å². The number of hydrogen-bond acceptors (Lipinski definition) is 4.